The quantitative estimate of drug-likeness (QED) is 0.428. The SMILES string of the molecule is CCCOCCCNc1c([N+](=O)[O-])c(C)nn1C(C)C. The van der Waals surface area contributed by atoms with Gasteiger partial charge in [-0.25, -0.2) is 4.68 Å². The van der Waals surface area contributed by atoms with Gasteiger partial charge in [0.2, 0.25) is 5.82 Å². The number of rotatable bonds is 9. The summed E-state index contributed by atoms with van der Waals surface area (Å²) in [5.41, 5.74) is 0.501. The van der Waals surface area contributed by atoms with Crippen molar-refractivity contribution in [2.45, 2.75) is 46.6 Å². The summed E-state index contributed by atoms with van der Waals surface area (Å²) >= 11 is 0. The van der Waals surface area contributed by atoms with Crippen molar-refractivity contribution in [2.24, 2.45) is 0 Å². The van der Waals surface area contributed by atoms with Crippen LogP contribution in [-0.4, -0.2) is 34.5 Å². The summed E-state index contributed by atoms with van der Waals surface area (Å²) in [4.78, 5) is 10.8. The summed E-state index contributed by atoms with van der Waals surface area (Å²) < 4.78 is 7.05. The van der Waals surface area contributed by atoms with Gasteiger partial charge in [0.15, 0.2) is 0 Å². The summed E-state index contributed by atoms with van der Waals surface area (Å²) in [6.45, 7) is 9.66. The van der Waals surface area contributed by atoms with Crippen LogP contribution in [0, 0.1) is 17.0 Å². The van der Waals surface area contributed by atoms with E-state index in [1.807, 2.05) is 13.8 Å². The van der Waals surface area contributed by atoms with Crippen LogP contribution in [0.4, 0.5) is 11.5 Å². The van der Waals surface area contributed by atoms with Crippen molar-refractivity contribution < 1.29 is 9.66 Å². The topological polar surface area (TPSA) is 82.2 Å². The molecule has 0 fully saturated rings. The molecule has 0 aromatic carbocycles. The van der Waals surface area contributed by atoms with Crippen molar-refractivity contribution in [2.75, 3.05) is 25.1 Å². The van der Waals surface area contributed by atoms with E-state index in [2.05, 4.69) is 17.3 Å². The molecule has 0 aliphatic carbocycles. The zero-order chi connectivity index (χ0) is 15.1. The van der Waals surface area contributed by atoms with Crippen molar-refractivity contribution in [3.05, 3.63) is 15.8 Å². The highest BCUT2D eigenvalue weighted by atomic mass is 16.6. The number of hydrogen-bond donors (Lipinski definition) is 1. The zero-order valence-electron chi connectivity index (χ0n) is 12.7. The molecule has 0 aliphatic rings. The lowest BCUT2D eigenvalue weighted by Crippen LogP contribution is -2.13. The predicted molar refractivity (Wildman–Crippen MR) is 78.2 cm³/mol. The lowest BCUT2D eigenvalue weighted by atomic mass is 10.3. The highest BCUT2D eigenvalue weighted by molar-refractivity contribution is 5.59. The maximum absolute atomic E-state index is 11.1. The van der Waals surface area contributed by atoms with E-state index in [9.17, 15) is 10.1 Å². The minimum atomic E-state index is -0.378. The van der Waals surface area contributed by atoms with E-state index >= 15 is 0 Å². The van der Waals surface area contributed by atoms with Crippen LogP contribution in [-0.2, 0) is 4.74 Å². The van der Waals surface area contributed by atoms with E-state index in [0.29, 0.717) is 24.7 Å². The largest absolute Gasteiger partial charge is 0.381 e. The standard InChI is InChI=1S/C13H24N4O3/c1-5-8-20-9-6-7-14-13-12(17(18)19)11(4)15-16(13)10(2)3/h10,14H,5-9H2,1-4H3. The second-order valence-electron chi connectivity index (χ2n) is 4.97. The van der Waals surface area contributed by atoms with Gasteiger partial charge in [0.1, 0.15) is 5.69 Å². The molecule has 1 heterocycles. The minimum absolute atomic E-state index is 0.0631. The van der Waals surface area contributed by atoms with Crippen LogP contribution in [0.2, 0.25) is 0 Å². The molecule has 1 aromatic rings. The van der Waals surface area contributed by atoms with Crippen molar-refractivity contribution >= 4 is 11.5 Å². The summed E-state index contributed by atoms with van der Waals surface area (Å²) in [7, 11) is 0. The molecule has 1 aromatic heterocycles. The van der Waals surface area contributed by atoms with Gasteiger partial charge in [-0.2, -0.15) is 5.10 Å². The molecule has 20 heavy (non-hydrogen) atoms. The smallest absolute Gasteiger partial charge is 0.333 e. The number of nitrogens with zero attached hydrogens (tertiary/aromatic N) is 3. The Kier molecular flexibility index (Phi) is 6.44. The molecular weight excluding hydrogens is 260 g/mol. The van der Waals surface area contributed by atoms with Gasteiger partial charge in [0.25, 0.3) is 0 Å². The second kappa shape index (κ2) is 7.84. The van der Waals surface area contributed by atoms with Crippen molar-refractivity contribution in [1.82, 2.24) is 9.78 Å². The van der Waals surface area contributed by atoms with Gasteiger partial charge in [-0.15, -0.1) is 0 Å². The summed E-state index contributed by atoms with van der Waals surface area (Å²) in [6.07, 6.45) is 1.80. The maximum atomic E-state index is 11.1. The van der Waals surface area contributed by atoms with Crippen molar-refractivity contribution in [3.8, 4) is 0 Å². The molecule has 0 saturated carbocycles. The van der Waals surface area contributed by atoms with Gasteiger partial charge in [-0.1, -0.05) is 6.92 Å². The van der Waals surface area contributed by atoms with Gasteiger partial charge in [-0.05, 0) is 33.6 Å². The highest BCUT2D eigenvalue weighted by Gasteiger charge is 2.25. The van der Waals surface area contributed by atoms with E-state index in [1.165, 1.54) is 0 Å². The average molecular weight is 284 g/mol. The van der Waals surface area contributed by atoms with Crippen molar-refractivity contribution in [1.29, 1.82) is 0 Å². The molecule has 0 unspecified atom stereocenters. The normalized spacial score (nSPS) is 11.1. The Morgan fingerprint density at radius 1 is 1.45 bits per heavy atom. The van der Waals surface area contributed by atoms with E-state index in [0.717, 1.165) is 19.4 Å². The Morgan fingerprint density at radius 2 is 2.15 bits per heavy atom. The molecule has 0 amide bonds. The number of ether oxygens (including phenoxy) is 1. The minimum Gasteiger partial charge on any atom is -0.381 e. The number of hydrogen-bond acceptors (Lipinski definition) is 5. The summed E-state index contributed by atoms with van der Waals surface area (Å²) in [5, 5.41) is 18.5. The van der Waals surface area contributed by atoms with Gasteiger partial charge >= 0.3 is 5.69 Å². The maximum Gasteiger partial charge on any atom is 0.333 e. The first-order chi connectivity index (χ1) is 9.49. The molecule has 0 atom stereocenters. The lowest BCUT2D eigenvalue weighted by Gasteiger charge is -2.11. The van der Waals surface area contributed by atoms with E-state index in [4.69, 9.17) is 4.74 Å². The molecule has 0 radical (unpaired) electrons. The molecular formula is C13H24N4O3. The van der Waals surface area contributed by atoms with Gasteiger partial charge in [0, 0.05) is 25.8 Å². The van der Waals surface area contributed by atoms with Gasteiger partial charge < -0.3 is 10.1 Å². The molecule has 1 rings (SSSR count). The number of aryl methyl sites for hydroxylation is 1. The third-order valence-electron chi connectivity index (χ3n) is 2.83. The van der Waals surface area contributed by atoms with Gasteiger partial charge in [-0.3, -0.25) is 10.1 Å². The highest BCUT2D eigenvalue weighted by Crippen LogP contribution is 2.30. The van der Waals surface area contributed by atoms with E-state index in [-0.39, 0.29) is 16.7 Å². The van der Waals surface area contributed by atoms with E-state index < -0.39 is 0 Å². The van der Waals surface area contributed by atoms with Crippen LogP contribution >= 0.6 is 0 Å². The first kappa shape index (κ1) is 16.4. The molecule has 7 nitrogen and oxygen atoms in total. The van der Waals surface area contributed by atoms with Crippen LogP contribution in [0.25, 0.3) is 0 Å². The Morgan fingerprint density at radius 3 is 2.70 bits per heavy atom. The Hall–Kier alpha value is -1.63. The molecule has 0 spiro atoms. The van der Waals surface area contributed by atoms with Crippen LogP contribution in [0.5, 0.6) is 0 Å². The fraction of sp³-hybridized carbons (Fsp3) is 0.769. The van der Waals surface area contributed by atoms with Crippen LogP contribution in [0.3, 0.4) is 0 Å². The molecule has 7 heteroatoms. The Bertz CT molecular complexity index is 443. The molecule has 0 bridgehead atoms. The summed E-state index contributed by atoms with van der Waals surface area (Å²) in [5.74, 6) is 0.484. The second-order valence-corrected chi connectivity index (χ2v) is 4.97. The van der Waals surface area contributed by atoms with Gasteiger partial charge in [0.05, 0.1) is 4.92 Å². The zero-order valence-corrected chi connectivity index (χ0v) is 12.7. The Balaban J connectivity index is 2.69. The van der Waals surface area contributed by atoms with Crippen LogP contribution in [0.1, 0.15) is 45.3 Å². The monoisotopic (exact) mass is 284 g/mol. The first-order valence-electron chi connectivity index (χ1n) is 7.04. The summed E-state index contributed by atoms with van der Waals surface area (Å²) in [6, 6.07) is 0.0706. The average Bonchev–Trinajstić information content (AvgIpc) is 2.71. The number of nitro groups is 1. The third-order valence-corrected chi connectivity index (χ3v) is 2.83. The number of aromatic nitrogens is 2. The van der Waals surface area contributed by atoms with Crippen molar-refractivity contribution in [3.63, 3.8) is 0 Å². The number of nitrogens with one attached hydrogen (secondary N) is 1. The molecule has 0 aliphatic heterocycles. The van der Waals surface area contributed by atoms with Crippen LogP contribution in [0.15, 0.2) is 0 Å². The predicted octanol–water partition coefficient (Wildman–Crippen LogP) is 2.91. The molecule has 0 saturated heterocycles. The fourth-order valence-electron chi connectivity index (χ4n) is 1.92. The molecule has 1 N–H and O–H groups in total. The van der Waals surface area contributed by atoms with Crippen LogP contribution < -0.4 is 5.32 Å². The number of anilines is 1. The lowest BCUT2D eigenvalue weighted by molar-refractivity contribution is -0.384. The first-order valence-corrected chi connectivity index (χ1v) is 7.04. The molecule has 114 valence electrons. The fourth-order valence-corrected chi connectivity index (χ4v) is 1.92. The van der Waals surface area contributed by atoms with E-state index in [1.54, 1.807) is 11.6 Å². The Labute approximate surface area is 119 Å². The third kappa shape index (κ3) is 4.19.